The molecule has 2 bridgehead atoms. The van der Waals surface area contributed by atoms with E-state index in [-0.39, 0.29) is 35.4 Å². The molecule has 0 aliphatic heterocycles. The van der Waals surface area contributed by atoms with Crippen LogP contribution in [-0.4, -0.2) is 19.9 Å². The van der Waals surface area contributed by atoms with Crippen LogP contribution in [0.5, 0.6) is 17.5 Å². The smallest absolute Gasteiger partial charge is 0.198 e. The molecule has 3 N–H and O–H groups in total. The summed E-state index contributed by atoms with van der Waals surface area (Å²) in [5.41, 5.74) is 2.53. The van der Waals surface area contributed by atoms with Gasteiger partial charge in [0.25, 0.3) is 0 Å². The first-order chi connectivity index (χ1) is 10.6. The van der Waals surface area contributed by atoms with Crippen LogP contribution in [0.15, 0.2) is 49.1 Å². The van der Waals surface area contributed by atoms with Crippen LogP contribution in [-0.2, 0) is 0 Å². The predicted molar refractivity (Wildman–Crippen MR) is 83.4 cm³/mol. The van der Waals surface area contributed by atoms with Gasteiger partial charge in [-0.1, -0.05) is 30.4 Å². The fourth-order valence-electron chi connectivity index (χ4n) is 3.78. The minimum Gasteiger partial charge on any atom is -0.508 e. The molecule has 1 heterocycles. The average Bonchev–Trinajstić information content (AvgIpc) is 3.18. The van der Waals surface area contributed by atoms with Crippen molar-refractivity contribution in [2.24, 2.45) is 0 Å². The van der Waals surface area contributed by atoms with Crippen molar-refractivity contribution in [3.63, 3.8) is 0 Å². The van der Waals surface area contributed by atoms with Crippen LogP contribution in [0.2, 0.25) is 0 Å². The molecule has 2 aromatic rings. The van der Waals surface area contributed by atoms with Crippen molar-refractivity contribution in [2.75, 3.05) is 0 Å². The van der Waals surface area contributed by atoms with Gasteiger partial charge in [0.2, 0.25) is 0 Å². The highest BCUT2D eigenvalue weighted by molar-refractivity contribution is 5.59. The summed E-state index contributed by atoms with van der Waals surface area (Å²) >= 11 is 0. The Labute approximate surface area is 128 Å². The number of rotatable bonds is 3. The Bertz CT molecular complexity index is 750. The fraction of sp³-hybridized carbons (Fsp3) is 0.222. The van der Waals surface area contributed by atoms with Gasteiger partial charge in [0.05, 0.1) is 6.04 Å². The topological polar surface area (TPSA) is 65.6 Å². The zero-order valence-electron chi connectivity index (χ0n) is 12.0. The normalized spacial score (nSPS) is 22.7. The van der Waals surface area contributed by atoms with Gasteiger partial charge in [-0.2, -0.15) is 0 Å². The van der Waals surface area contributed by atoms with E-state index in [4.69, 9.17) is 0 Å². The highest BCUT2D eigenvalue weighted by atomic mass is 16.3. The zero-order chi connectivity index (χ0) is 15.4. The van der Waals surface area contributed by atoms with E-state index >= 15 is 0 Å². The molecule has 4 heteroatoms. The van der Waals surface area contributed by atoms with Gasteiger partial charge in [0, 0.05) is 23.0 Å². The van der Waals surface area contributed by atoms with E-state index in [1.165, 1.54) is 4.57 Å². The third kappa shape index (κ3) is 1.58. The Balaban J connectivity index is 1.86. The Morgan fingerprint density at radius 2 is 1.55 bits per heavy atom. The summed E-state index contributed by atoms with van der Waals surface area (Å²) in [5.74, 6) is 0.789. The van der Waals surface area contributed by atoms with Crippen molar-refractivity contribution >= 4 is 0 Å². The zero-order valence-corrected chi connectivity index (χ0v) is 12.0. The van der Waals surface area contributed by atoms with Gasteiger partial charge >= 0.3 is 0 Å². The number of aromatic nitrogens is 1. The lowest BCUT2D eigenvalue weighted by Crippen LogP contribution is -2.08. The molecule has 0 amide bonds. The van der Waals surface area contributed by atoms with E-state index in [0.29, 0.717) is 0 Å². The number of phenolic OH excluding ortho intramolecular Hbond substituents is 1. The van der Waals surface area contributed by atoms with Crippen LogP contribution in [0, 0.1) is 0 Å². The molecule has 0 spiro atoms. The van der Waals surface area contributed by atoms with Gasteiger partial charge in [-0.25, -0.2) is 0 Å². The highest BCUT2D eigenvalue weighted by Gasteiger charge is 2.41. The number of nitrogens with zero attached hydrogens (tertiary/aromatic N) is 1. The molecule has 1 aromatic heterocycles. The first-order valence-electron chi connectivity index (χ1n) is 7.37. The summed E-state index contributed by atoms with van der Waals surface area (Å²) in [6.45, 7) is 3.83. The van der Waals surface area contributed by atoms with Crippen LogP contribution >= 0.6 is 0 Å². The molecule has 4 nitrogen and oxygen atoms in total. The number of benzene rings is 1. The second-order valence-electron chi connectivity index (χ2n) is 5.95. The molecule has 2 aliphatic rings. The standard InChI is InChI=1S/C18H17NO3/c1-2-14(10-5-7-13(20)8-6-10)19-17(21)15-11-3-4-12(9-11)16(15)18(19)22/h2-8,11-12,14,20-22H,1,9H2. The number of allylic oxidation sites excluding steroid dienone is 3. The third-order valence-electron chi connectivity index (χ3n) is 4.79. The third-order valence-corrected chi connectivity index (χ3v) is 4.79. The van der Waals surface area contributed by atoms with Crippen LogP contribution in [0.3, 0.4) is 0 Å². The lowest BCUT2D eigenvalue weighted by Gasteiger charge is -2.19. The second-order valence-corrected chi connectivity index (χ2v) is 5.95. The van der Waals surface area contributed by atoms with Crippen molar-refractivity contribution in [1.29, 1.82) is 0 Å². The number of aromatic hydroxyl groups is 3. The van der Waals surface area contributed by atoms with E-state index in [0.717, 1.165) is 23.1 Å². The monoisotopic (exact) mass is 295 g/mol. The molecular weight excluding hydrogens is 278 g/mol. The second kappa shape index (κ2) is 4.44. The van der Waals surface area contributed by atoms with E-state index in [9.17, 15) is 15.3 Å². The molecule has 3 atom stereocenters. The molecule has 1 aromatic carbocycles. The maximum Gasteiger partial charge on any atom is 0.198 e. The summed E-state index contributed by atoms with van der Waals surface area (Å²) < 4.78 is 1.52. The summed E-state index contributed by atoms with van der Waals surface area (Å²) in [6.07, 6.45) is 6.81. The first-order valence-corrected chi connectivity index (χ1v) is 7.37. The predicted octanol–water partition coefficient (Wildman–Crippen LogP) is 3.52. The minimum atomic E-state index is -0.384. The molecular formula is C18H17NO3. The Morgan fingerprint density at radius 3 is 2.05 bits per heavy atom. The molecule has 0 radical (unpaired) electrons. The Hall–Kier alpha value is -2.62. The van der Waals surface area contributed by atoms with Gasteiger partial charge in [-0.3, -0.25) is 4.57 Å². The molecule has 0 saturated heterocycles. The van der Waals surface area contributed by atoms with Gasteiger partial charge in [-0.05, 0) is 24.1 Å². The van der Waals surface area contributed by atoms with Gasteiger partial charge < -0.3 is 15.3 Å². The molecule has 0 saturated carbocycles. The largest absolute Gasteiger partial charge is 0.508 e. The lowest BCUT2D eigenvalue weighted by molar-refractivity contribution is 0.359. The van der Waals surface area contributed by atoms with Crippen LogP contribution in [0.1, 0.15) is 41.0 Å². The Kier molecular flexibility index (Phi) is 2.64. The summed E-state index contributed by atoms with van der Waals surface area (Å²) in [5, 5.41) is 30.7. The highest BCUT2D eigenvalue weighted by Crippen LogP contribution is 2.57. The maximum atomic E-state index is 10.6. The van der Waals surface area contributed by atoms with Gasteiger partial charge in [0.15, 0.2) is 11.8 Å². The van der Waals surface area contributed by atoms with Crippen molar-refractivity contribution in [2.45, 2.75) is 24.3 Å². The molecule has 3 unspecified atom stereocenters. The molecule has 4 rings (SSSR count). The number of phenols is 1. The summed E-state index contributed by atoms with van der Waals surface area (Å²) in [4.78, 5) is 0. The Morgan fingerprint density at radius 1 is 1.00 bits per heavy atom. The molecule has 2 aliphatic carbocycles. The number of fused-ring (bicyclic) bond motifs is 5. The maximum absolute atomic E-state index is 10.6. The van der Waals surface area contributed by atoms with E-state index in [1.807, 2.05) is 0 Å². The first kappa shape index (κ1) is 13.1. The van der Waals surface area contributed by atoms with Crippen molar-refractivity contribution in [3.8, 4) is 17.5 Å². The van der Waals surface area contributed by atoms with E-state index in [1.54, 1.807) is 30.3 Å². The SMILES string of the molecule is C=CC(c1ccc(O)cc1)n1c(O)c2c(c1O)C1C=CC2C1. The fourth-order valence-corrected chi connectivity index (χ4v) is 3.78. The summed E-state index contributed by atoms with van der Waals surface area (Å²) in [7, 11) is 0. The lowest BCUT2D eigenvalue weighted by atomic mass is 10.0. The van der Waals surface area contributed by atoms with E-state index < -0.39 is 0 Å². The molecule has 112 valence electrons. The van der Waals surface area contributed by atoms with E-state index in [2.05, 4.69) is 18.7 Å². The van der Waals surface area contributed by atoms with Crippen molar-refractivity contribution in [3.05, 3.63) is 65.8 Å². The minimum absolute atomic E-state index is 0.113. The van der Waals surface area contributed by atoms with Crippen molar-refractivity contribution in [1.82, 2.24) is 4.57 Å². The van der Waals surface area contributed by atoms with Crippen LogP contribution < -0.4 is 0 Å². The van der Waals surface area contributed by atoms with Gasteiger partial charge in [-0.15, -0.1) is 6.58 Å². The number of hydrogen-bond acceptors (Lipinski definition) is 3. The molecule has 22 heavy (non-hydrogen) atoms. The quantitative estimate of drug-likeness (QED) is 0.759. The van der Waals surface area contributed by atoms with Crippen molar-refractivity contribution < 1.29 is 15.3 Å². The van der Waals surface area contributed by atoms with Crippen LogP contribution in [0.4, 0.5) is 0 Å². The number of hydrogen-bond donors (Lipinski definition) is 3. The summed E-state index contributed by atoms with van der Waals surface area (Å²) in [6, 6.07) is 6.31. The van der Waals surface area contributed by atoms with Crippen LogP contribution in [0.25, 0.3) is 0 Å². The molecule has 0 fully saturated rings. The average molecular weight is 295 g/mol. The van der Waals surface area contributed by atoms with Gasteiger partial charge in [0.1, 0.15) is 5.75 Å².